The van der Waals surface area contributed by atoms with Crippen molar-refractivity contribution in [3.63, 3.8) is 0 Å². The Labute approximate surface area is 197 Å². The molecular formula is C27H26N4OS. The Hall–Kier alpha value is -3.22. The monoisotopic (exact) mass is 454 g/mol. The molecule has 0 aliphatic carbocycles. The van der Waals surface area contributed by atoms with Gasteiger partial charge in [0.05, 0.1) is 10.6 Å². The Balaban J connectivity index is 1.17. The van der Waals surface area contributed by atoms with Crippen LogP contribution in [0.1, 0.15) is 24.2 Å². The van der Waals surface area contributed by atoms with E-state index in [2.05, 4.69) is 71.6 Å². The van der Waals surface area contributed by atoms with Crippen LogP contribution in [0.25, 0.3) is 26.3 Å². The zero-order valence-corrected chi connectivity index (χ0v) is 19.3. The van der Waals surface area contributed by atoms with Crippen LogP contribution in [0.15, 0.2) is 72.8 Å². The molecule has 3 aromatic heterocycles. The van der Waals surface area contributed by atoms with Crippen molar-refractivity contribution in [2.75, 3.05) is 26.2 Å². The molecule has 1 fully saturated rings. The molecular weight excluding hydrogens is 428 g/mol. The van der Waals surface area contributed by atoms with E-state index in [1.807, 2.05) is 10.6 Å². The number of hydrogen-bond donors (Lipinski definition) is 0. The van der Waals surface area contributed by atoms with Gasteiger partial charge < -0.3 is 4.74 Å². The predicted molar refractivity (Wildman–Crippen MR) is 134 cm³/mol. The standard InChI is InChI=1S/C27H26N4OS/c1-2-8-24-21(6-1)19-25(33-24)23-7-5-9-27-28-26(29-31(23)27)18-20-10-12-22(13-11-20)32-17-16-30-14-3-4-15-30/h1-2,5-13,19H,3-4,14-18H2. The molecule has 2 aromatic carbocycles. The number of hydrogen-bond acceptors (Lipinski definition) is 5. The summed E-state index contributed by atoms with van der Waals surface area (Å²) in [5.41, 5.74) is 3.14. The number of rotatable bonds is 7. The zero-order valence-electron chi connectivity index (χ0n) is 18.5. The molecule has 0 amide bonds. The van der Waals surface area contributed by atoms with Gasteiger partial charge in [0, 0.05) is 17.7 Å². The Morgan fingerprint density at radius 3 is 2.61 bits per heavy atom. The van der Waals surface area contributed by atoms with E-state index in [4.69, 9.17) is 14.8 Å². The number of pyridine rings is 1. The van der Waals surface area contributed by atoms with Gasteiger partial charge in [-0.15, -0.1) is 11.3 Å². The van der Waals surface area contributed by atoms with Crippen LogP contribution in [0, 0.1) is 0 Å². The number of ether oxygens (including phenoxy) is 1. The van der Waals surface area contributed by atoms with Crippen LogP contribution in [0.5, 0.6) is 5.75 Å². The van der Waals surface area contributed by atoms with Crippen LogP contribution in [0.4, 0.5) is 0 Å². The maximum absolute atomic E-state index is 5.93. The molecule has 6 heteroatoms. The third-order valence-electron chi connectivity index (χ3n) is 6.24. The summed E-state index contributed by atoms with van der Waals surface area (Å²) in [6.07, 6.45) is 3.33. The minimum Gasteiger partial charge on any atom is -0.492 e. The smallest absolute Gasteiger partial charge is 0.156 e. The van der Waals surface area contributed by atoms with E-state index in [9.17, 15) is 0 Å². The molecule has 0 bridgehead atoms. The summed E-state index contributed by atoms with van der Waals surface area (Å²) >= 11 is 1.79. The van der Waals surface area contributed by atoms with E-state index < -0.39 is 0 Å². The first-order chi connectivity index (χ1) is 16.3. The van der Waals surface area contributed by atoms with E-state index in [1.54, 1.807) is 11.3 Å². The molecule has 166 valence electrons. The lowest BCUT2D eigenvalue weighted by atomic mass is 10.1. The van der Waals surface area contributed by atoms with Gasteiger partial charge in [0.1, 0.15) is 12.4 Å². The number of aromatic nitrogens is 3. The maximum Gasteiger partial charge on any atom is 0.156 e. The maximum atomic E-state index is 5.93. The van der Waals surface area contributed by atoms with Gasteiger partial charge in [-0.2, -0.15) is 5.10 Å². The van der Waals surface area contributed by atoms with Crippen LogP contribution in [-0.4, -0.2) is 45.7 Å². The summed E-state index contributed by atoms with van der Waals surface area (Å²) in [5, 5.41) is 6.11. The van der Waals surface area contributed by atoms with Gasteiger partial charge in [-0.3, -0.25) is 4.90 Å². The Morgan fingerprint density at radius 1 is 0.909 bits per heavy atom. The molecule has 0 radical (unpaired) electrons. The highest BCUT2D eigenvalue weighted by atomic mass is 32.1. The Bertz CT molecular complexity index is 1350. The van der Waals surface area contributed by atoms with Gasteiger partial charge in [0.25, 0.3) is 0 Å². The van der Waals surface area contributed by atoms with Gasteiger partial charge in [-0.25, -0.2) is 9.50 Å². The second-order valence-electron chi connectivity index (χ2n) is 8.58. The number of thiophene rings is 1. The molecule has 1 saturated heterocycles. The normalized spacial score (nSPS) is 14.4. The number of fused-ring (bicyclic) bond motifs is 2. The SMILES string of the molecule is c1ccc2sc(-c3cccc4nc(Cc5ccc(OCCN6CCCC6)cc5)nn34)cc2c1. The second kappa shape index (κ2) is 8.96. The molecule has 1 aliphatic rings. The second-order valence-corrected chi connectivity index (χ2v) is 9.66. The minimum atomic E-state index is 0.696. The van der Waals surface area contributed by atoms with Gasteiger partial charge in [-0.05, 0) is 73.3 Å². The lowest BCUT2D eigenvalue weighted by molar-refractivity contribution is 0.238. The quantitative estimate of drug-likeness (QED) is 0.317. The molecule has 0 atom stereocenters. The number of likely N-dealkylation sites (tertiary alicyclic amines) is 1. The first kappa shape index (κ1) is 20.4. The van der Waals surface area contributed by atoms with Gasteiger partial charge in [0.15, 0.2) is 11.5 Å². The molecule has 0 spiro atoms. The third-order valence-corrected chi connectivity index (χ3v) is 7.38. The summed E-state index contributed by atoms with van der Waals surface area (Å²) in [5.74, 6) is 1.75. The van der Waals surface area contributed by atoms with E-state index in [-0.39, 0.29) is 0 Å². The van der Waals surface area contributed by atoms with Crippen LogP contribution >= 0.6 is 11.3 Å². The lowest BCUT2D eigenvalue weighted by Gasteiger charge is -2.14. The highest BCUT2D eigenvalue weighted by molar-refractivity contribution is 7.22. The summed E-state index contributed by atoms with van der Waals surface area (Å²) in [7, 11) is 0. The number of benzene rings is 2. The minimum absolute atomic E-state index is 0.696. The summed E-state index contributed by atoms with van der Waals surface area (Å²) in [4.78, 5) is 8.46. The largest absolute Gasteiger partial charge is 0.492 e. The van der Waals surface area contributed by atoms with Crippen molar-refractivity contribution in [3.05, 3.63) is 84.2 Å². The molecule has 5 nitrogen and oxygen atoms in total. The van der Waals surface area contributed by atoms with Crippen LogP contribution in [-0.2, 0) is 6.42 Å². The van der Waals surface area contributed by atoms with Crippen molar-refractivity contribution in [1.82, 2.24) is 19.5 Å². The average Bonchev–Trinajstić information content (AvgIpc) is 3.59. The molecule has 1 aliphatic heterocycles. The van der Waals surface area contributed by atoms with Crippen molar-refractivity contribution in [2.24, 2.45) is 0 Å². The Kier molecular flexibility index (Phi) is 5.54. The fourth-order valence-corrected chi connectivity index (χ4v) is 5.58. The van der Waals surface area contributed by atoms with Crippen LogP contribution < -0.4 is 4.74 Å². The third kappa shape index (κ3) is 4.36. The molecule has 0 N–H and O–H groups in total. The highest BCUT2D eigenvalue weighted by Crippen LogP contribution is 2.33. The van der Waals surface area contributed by atoms with E-state index in [0.717, 1.165) is 36.1 Å². The fourth-order valence-electron chi connectivity index (χ4n) is 4.50. The van der Waals surface area contributed by atoms with E-state index in [0.29, 0.717) is 6.42 Å². The Morgan fingerprint density at radius 2 is 1.76 bits per heavy atom. The summed E-state index contributed by atoms with van der Waals surface area (Å²) in [6, 6.07) is 25.2. The van der Waals surface area contributed by atoms with Gasteiger partial charge in [-0.1, -0.05) is 36.4 Å². The first-order valence-corrected chi connectivity index (χ1v) is 12.4. The van der Waals surface area contributed by atoms with Crippen LogP contribution in [0.2, 0.25) is 0 Å². The zero-order chi connectivity index (χ0) is 22.0. The molecule has 33 heavy (non-hydrogen) atoms. The topological polar surface area (TPSA) is 42.7 Å². The summed E-state index contributed by atoms with van der Waals surface area (Å²) in [6.45, 7) is 4.17. The van der Waals surface area contributed by atoms with E-state index >= 15 is 0 Å². The van der Waals surface area contributed by atoms with Crippen molar-refractivity contribution >= 4 is 27.1 Å². The highest BCUT2D eigenvalue weighted by Gasteiger charge is 2.13. The molecule has 0 saturated carbocycles. The van der Waals surface area contributed by atoms with Crippen LogP contribution in [0.3, 0.4) is 0 Å². The molecule has 0 unspecified atom stereocenters. The first-order valence-electron chi connectivity index (χ1n) is 11.6. The van der Waals surface area contributed by atoms with Crippen molar-refractivity contribution < 1.29 is 4.74 Å². The molecule has 6 rings (SSSR count). The summed E-state index contributed by atoms with van der Waals surface area (Å²) < 4.78 is 9.19. The number of nitrogens with zero attached hydrogens (tertiary/aromatic N) is 4. The molecule has 5 aromatic rings. The predicted octanol–water partition coefficient (Wildman–Crippen LogP) is 5.68. The van der Waals surface area contributed by atoms with Gasteiger partial charge >= 0.3 is 0 Å². The van der Waals surface area contributed by atoms with Crippen molar-refractivity contribution in [1.29, 1.82) is 0 Å². The fraction of sp³-hybridized carbons (Fsp3) is 0.259. The van der Waals surface area contributed by atoms with Crippen molar-refractivity contribution in [2.45, 2.75) is 19.3 Å². The lowest BCUT2D eigenvalue weighted by Crippen LogP contribution is -2.25. The molecule has 4 heterocycles. The average molecular weight is 455 g/mol. The van der Waals surface area contributed by atoms with E-state index in [1.165, 1.54) is 46.5 Å². The van der Waals surface area contributed by atoms with Crippen molar-refractivity contribution in [3.8, 4) is 16.3 Å². The van der Waals surface area contributed by atoms with Gasteiger partial charge in [0.2, 0.25) is 0 Å².